The molecule has 2 heterocycles. The van der Waals surface area contributed by atoms with E-state index >= 15 is 0 Å². The number of nitrogens with one attached hydrogen (secondary N) is 1. The summed E-state index contributed by atoms with van der Waals surface area (Å²) < 4.78 is 12.4. The topological polar surface area (TPSA) is 86.7 Å². The number of nitrogen functional groups attached to an aromatic ring is 1. The van der Waals surface area contributed by atoms with E-state index in [1.54, 1.807) is 31.1 Å². The number of hydrogen-bond donors (Lipinski definition) is 2. The average Bonchev–Trinajstić information content (AvgIpc) is 2.98. The van der Waals surface area contributed by atoms with Crippen LogP contribution in [0.1, 0.15) is 0 Å². The lowest BCUT2D eigenvalue weighted by atomic mass is 10.1. The molecule has 7 nitrogen and oxygen atoms in total. The van der Waals surface area contributed by atoms with Gasteiger partial charge in [-0.25, -0.2) is 15.3 Å². The molecule has 0 atom stereocenters. The van der Waals surface area contributed by atoms with E-state index in [2.05, 4.69) is 15.5 Å². The molecule has 2 aromatic heterocycles. The first-order valence-corrected chi connectivity index (χ1v) is 6.30. The Labute approximate surface area is 121 Å². The molecule has 1 aromatic carbocycles. The number of rotatable bonds is 4. The SMILES string of the molecule is COc1ccc(OC)c(-c2cc3c(NN)nccn3n2)c1. The monoisotopic (exact) mass is 285 g/mol. The summed E-state index contributed by atoms with van der Waals surface area (Å²) in [7, 11) is 3.24. The third-order valence-electron chi connectivity index (χ3n) is 3.21. The summed E-state index contributed by atoms with van der Waals surface area (Å²) in [5.41, 5.74) is 4.92. The van der Waals surface area contributed by atoms with E-state index in [1.165, 1.54) is 0 Å². The van der Waals surface area contributed by atoms with Gasteiger partial charge < -0.3 is 14.9 Å². The van der Waals surface area contributed by atoms with Crippen molar-refractivity contribution in [2.45, 2.75) is 0 Å². The van der Waals surface area contributed by atoms with Crippen LogP contribution in [0.5, 0.6) is 11.5 Å². The van der Waals surface area contributed by atoms with Crippen molar-refractivity contribution in [3.8, 4) is 22.8 Å². The molecule has 0 aliphatic carbocycles. The number of hydrazine groups is 1. The molecule has 0 amide bonds. The van der Waals surface area contributed by atoms with Crippen LogP contribution in [0, 0.1) is 0 Å². The number of hydrogen-bond acceptors (Lipinski definition) is 6. The molecule has 0 aliphatic heterocycles. The molecule has 108 valence electrons. The Morgan fingerprint density at radius 1 is 1.19 bits per heavy atom. The summed E-state index contributed by atoms with van der Waals surface area (Å²) in [6, 6.07) is 7.45. The van der Waals surface area contributed by atoms with Crippen molar-refractivity contribution in [3.05, 3.63) is 36.7 Å². The van der Waals surface area contributed by atoms with Crippen LogP contribution in [-0.4, -0.2) is 28.8 Å². The Morgan fingerprint density at radius 2 is 2.05 bits per heavy atom. The third kappa shape index (κ3) is 2.23. The zero-order valence-electron chi connectivity index (χ0n) is 11.7. The lowest BCUT2D eigenvalue weighted by Gasteiger charge is -2.08. The Balaban J connectivity index is 2.20. The average molecular weight is 285 g/mol. The molecule has 3 rings (SSSR count). The van der Waals surface area contributed by atoms with Gasteiger partial charge in [0.15, 0.2) is 5.82 Å². The maximum absolute atomic E-state index is 5.47. The van der Waals surface area contributed by atoms with E-state index in [9.17, 15) is 0 Å². The zero-order chi connectivity index (χ0) is 14.8. The van der Waals surface area contributed by atoms with E-state index in [0.717, 1.165) is 28.3 Å². The first-order chi connectivity index (χ1) is 10.3. The van der Waals surface area contributed by atoms with Crippen LogP contribution in [0.2, 0.25) is 0 Å². The standard InChI is InChI=1S/C14H15N5O2/c1-20-9-3-4-13(21-2)10(7-9)11-8-12-14(17-15)16-5-6-19(12)18-11/h3-8H,15H2,1-2H3,(H,16,17). The zero-order valence-corrected chi connectivity index (χ0v) is 11.7. The summed E-state index contributed by atoms with van der Waals surface area (Å²) in [4.78, 5) is 4.16. The molecule has 0 saturated carbocycles. The Morgan fingerprint density at radius 3 is 2.76 bits per heavy atom. The van der Waals surface area contributed by atoms with Gasteiger partial charge in [-0.15, -0.1) is 0 Å². The van der Waals surface area contributed by atoms with Crippen LogP contribution < -0.4 is 20.7 Å². The molecular formula is C14H15N5O2. The van der Waals surface area contributed by atoms with Crippen LogP contribution in [0.15, 0.2) is 36.7 Å². The highest BCUT2D eigenvalue weighted by Gasteiger charge is 2.13. The van der Waals surface area contributed by atoms with Crippen molar-refractivity contribution < 1.29 is 9.47 Å². The Hall–Kier alpha value is -2.80. The number of methoxy groups -OCH3 is 2. The van der Waals surface area contributed by atoms with Crippen molar-refractivity contribution in [3.63, 3.8) is 0 Å². The minimum absolute atomic E-state index is 0.554. The summed E-state index contributed by atoms with van der Waals surface area (Å²) in [6.07, 6.45) is 3.38. The lowest BCUT2D eigenvalue weighted by Crippen LogP contribution is -2.09. The van der Waals surface area contributed by atoms with Crippen molar-refractivity contribution >= 4 is 11.3 Å². The number of fused-ring (bicyclic) bond motifs is 1. The molecule has 0 radical (unpaired) electrons. The minimum Gasteiger partial charge on any atom is -0.497 e. The highest BCUT2D eigenvalue weighted by Crippen LogP contribution is 2.33. The smallest absolute Gasteiger partial charge is 0.166 e. The molecular weight excluding hydrogens is 270 g/mol. The predicted molar refractivity (Wildman–Crippen MR) is 79.3 cm³/mol. The second-order valence-corrected chi connectivity index (χ2v) is 4.35. The Kier molecular flexibility index (Phi) is 3.33. The number of aromatic nitrogens is 3. The molecule has 0 unspecified atom stereocenters. The maximum Gasteiger partial charge on any atom is 0.166 e. The summed E-state index contributed by atoms with van der Waals surface area (Å²) in [6.45, 7) is 0. The second-order valence-electron chi connectivity index (χ2n) is 4.35. The normalized spacial score (nSPS) is 10.6. The lowest BCUT2D eigenvalue weighted by molar-refractivity contribution is 0.404. The molecule has 0 spiro atoms. The van der Waals surface area contributed by atoms with Gasteiger partial charge in [-0.1, -0.05) is 0 Å². The van der Waals surface area contributed by atoms with Crippen molar-refractivity contribution in [2.24, 2.45) is 5.84 Å². The number of ether oxygens (including phenoxy) is 2. The largest absolute Gasteiger partial charge is 0.497 e. The molecule has 3 aromatic rings. The van der Waals surface area contributed by atoms with Crippen molar-refractivity contribution in [2.75, 3.05) is 19.6 Å². The minimum atomic E-state index is 0.554. The van der Waals surface area contributed by atoms with Gasteiger partial charge in [0.05, 0.1) is 19.9 Å². The van der Waals surface area contributed by atoms with Crippen molar-refractivity contribution in [1.82, 2.24) is 14.6 Å². The van der Waals surface area contributed by atoms with Gasteiger partial charge in [0, 0.05) is 18.0 Å². The van der Waals surface area contributed by atoms with Gasteiger partial charge in [-0.05, 0) is 24.3 Å². The summed E-state index contributed by atoms with van der Waals surface area (Å²) in [5.74, 6) is 7.47. The van der Waals surface area contributed by atoms with Gasteiger partial charge in [0.1, 0.15) is 17.0 Å². The van der Waals surface area contributed by atoms with Crippen molar-refractivity contribution in [1.29, 1.82) is 0 Å². The quantitative estimate of drug-likeness (QED) is 0.560. The van der Waals surface area contributed by atoms with E-state index < -0.39 is 0 Å². The summed E-state index contributed by atoms with van der Waals surface area (Å²) >= 11 is 0. The number of anilines is 1. The molecule has 7 heteroatoms. The second kappa shape index (κ2) is 5.29. The highest BCUT2D eigenvalue weighted by molar-refractivity contribution is 5.77. The number of nitrogens with zero attached hydrogens (tertiary/aromatic N) is 3. The molecule has 0 bridgehead atoms. The van der Waals surface area contributed by atoms with Gasteiger partial charge >= 0.3 is 0 Å². The highest BCUT2D eigenvalue weighted by atomic mass is 16.5. The van der Waals surface area contributed by atoms with Gasteiger partial charge in [0.2, 0.25) is 0 Å². The van der Waals surface area contributed by atoms with Gasteiger partial charge in [-0.3, -0.25) is 0 Å². The first kappa shape index (κ1) is 13.2. The first-order valence-electron chi connectivity index (χ1n) is 6.30. The van der Waals surface area contributed by atoms with E-state index in [0.29, 0.717) is 5.82 Å². The fourth-order valence-corrected chi connectivity index (χ4v) is 2.18. The van der Waals surface area contributed by atoms with Gasteiger partial charge in [-0.2, -0.15) is 5.10 Å². The summed E-state index contributed by atoms with van der Waals surface area (Å²) in [5, 5.41) is 4.52. The molecule has 0 aliphatic rings. The molecule has 0 saturated heterocycles. The number of benzene rings is 1. The third-order valence-corrected chi connectivity index (χ3v) is 3.21. The van der Waals surface area contributed by atoms with Crippen LogP contribution >= 0.6 is 0 Å². The molecule has 3 N–H and O–H groups in total. The fourth-order valence-electron chi connectivity index (χ4n) is 2.18. The van der Waals surface area contributed by atoms with E-state index in [1.807, 2.05) is 24.3 Å². The van der Waals surface area contributed by atoms with Crippen LogP contribution in [0.4, 0.5) is 5.82 Å². The van der Waals surface area contributed by atoms with Crippen LogP contribution in [0.3, 0.4) is 0 Å². The van der Waals surface area contributed by atoms with E-state index in [-0.39, 0.29) is 0 Å². The van der Waals surface area contributed by atoms with Crippen LogP contribution in [0.25, 0.3) is 16.8 Å². The predicted octanol–water partition coefficient (Wildman–Crippen LogP) is 1.70. The van der Waals surface area contributed by atoms with Gasteiger partial charge in [0.25, 0.3) is 0 Å². The van der Waals surface area contributed by atoms with Crippen LogP contribution in [-0.2, 0) is 0 Å². The molecule has 0 fully saturated rings. The Bertz CT molecular complexity index is 784. The molecule has 21 heavy (non-hydrogen) atoms. The number of nitrogens with two attached hydrogens (primary N) is 1. The van der Waals surface area contributed by atoms with E-state index in [4.69, 9.17) is 15.3 Å². The maximum atomic E-state index is 5.47. The fraction of sp³-hybridized carbons (Fsp3) is 0.143.